The first-order valence-electron chi connectivity index (χ1n) is 5.33. The summed E-state index contributed by atoms with van der Waals surface area (Å²) in [5.41, 5.74) is 1.27. The van der Waals surface area contributed by atoms with Gasteiger partial charge >= 0.3 is 6.16 Å². The molecule has 1 aliphatic rings. The maximum atomic E-state index is 11.1. The number of carbonyl (C=O) groups excluding carboxylic acids is 1. The summed E-state index contributed by atoms with van der Waals surface area (Å²) in [4.78, 5) is 11.1. The number of hydrogen-bond acceptors (Lipinski definition) is 3. The van der Waals surface area contributed by atoms with Crippen LogP contribution in [0.15, 0.2) is 11.3 Å². The molecule has 0 aromatic heterocycles. The van der Waals surface area contributed by atoms with E-state index in [0.29, 0.717) is 6.61 Å². The number of rotatable bonds is 3. The third-order valence-electron chi connectivity index (χ3n) is 2.42. The first-order valence-corrected chi connectivity index (χ1v) is 5.33. The zero-order chi connectivity index (χ0) is 10.4. The highest BCUT2D eigenvalue weighted by Crippen LogP contribution is 2.27. The SMILES string of the molecule is CCOC(=O)OC1=C(CC)CCCC1. The number of allylic oxidation sites excluding steroid dienone is 2. The normalized spacial score (nSPS) is 16.7. The van der Waals surface area contributed by atoms with E-state index in [-0.39, 0.29) is 0 Å². The van der Waals surface area contributed by atoms with Gasteiger partial charge in [0.05, 0.1) is 6.61 Å². The van der Waals surface area contributed by atoms with Crippen LogP contribution in [0.5, 0.6) is 0 Å². The molecule has 0 amide bonds. The van der Waals surface area contributed by atoms with E-state index < -0.39 is 6.16 Å². The third-order valence-corrected chi connectivity index (χ3v) is 2.42. The minimum atomic E-state index is -0.560. The molecule has 1 aliphatic carbocycles. The summed E-state index contributed by atoms with van der Waals surface area (Å²) < 4.78 is 9.90. The van der Waals surface area contributed by atoms with Crippen LogP contribution < -0.4 is 0 Å². The predicted molar refractivity (Wildman–Crippen MR) is 53.9 cm³/mol. The lowest BCUT2D eigenvalue weighted by Crippen LogP contribution is -2.10. The van der Waals surface area contributed by atoms with Crippen LogP contribution >= 0.6 is 0 Å². The highest BCUT2D eigenvalue weighted by atomic mass is 16.7. The zero-order valence-electron chi connectivity index (χ0n) is 8.97. The molecule has 0 spiro atoms. The zero-order valence-corrected chi connectivity index (χ0v) is 8.97. The van der Waals surface area contributed by atoms with Gasteiger partial charge in [-0.2, -0.15) is 0 Å². The van der Waals surface area contributed by atoms with Crippen molar-refractivity contribution in [2.75, 3.05) is 6.61 Å². The van der Waals surface area contributed by atoms with Gasteiger partial charge in [-0.05, 0) is 38.2 Å². The van der Waals surface area contributed by atoms with Crippen molar-refractivity contribution in [3.63, 3.8) is 0 Å². The molecule has 0 radical (unpaired) electrons. The first kappa shape index (κ1) is 11.1. The minimum Gasteiger partial charge on any atom is -0.434 e. The summed E-state index contributed by atoms with van der Waals surface area (Å²) in [6.07, 6.45) is 4.66. The third kappa shape index (κ3) is 3.05. The molecule has 3 nitrogen and oxygen atoms in total. The molecule has 0 atom stereocenters. The second kappa shape index (κ2) is 5.68. The van der Waals surface area contributed by atoms with Gasteiger partial charge in [0.25, 0.3) is 0 Å². The van der Waals surface area contributed by atoms with Gasteiger partial charge in [0.15, 0.2) is 0 Å². The number of ether oxygens (including phenoxy) is 2. The van der Waals surface area contributed by atoms with Gasteiger partial charge in [0.2, 0.25) is 0 Å². The Morgan fingerprint density at radius 3 is 2.64 bits per heavy atom. The predicted octanol–water partition coefficient (Wildman–Crippen LogP) is 3.40. The average Bonchev–Trinajstić information content (AvgIpc) is 2.19. The lowest BCUT2D eigenvalue weighted by atomic mass is 9.96. The van der Waals surface area contributed by atoms with Crippen molar-refractivity contribution in [3.05, 3.63) is 11.3 Å². The molecule has 0 bridgehead atoms. The Labute approximate surface area is 85.1 Å². The van der Waals surface area contributed by atoms with Crippen molar-refractivity contribution in [1.82, 2.24) is 0 Å². The molecule has 0 fully saturated rings. The Balaban J connectivity index is 2.55. The molecule has 80 valence electrons. The maximum absolute atomic E-state index is 11.1. The van der Waals surface area contributed by atoms with Crippen molar-refractivity contribution in [2.45, 2.75) is 46.0 Å². The van der Waals surface area contributed by atoms with Gasteiger partial charge in [-0.1, -0.05) is 6.92 Å². The minimum absolute atomic E-state index is 0.369. The van der Waals surface area contributed by atoms with Crippen molar-refractivity contribution >= 4 is 6.16 Å². The van der Waals surface area contributed by atoms with Crippen LogP contribution in [0.25, 0.3) is 0 Å². The molecular weight excluding hydrogens is 180 g/mol. The smallest absolute Gasteiger partial charge is 0.434 e. The van der Waals surface area contributed by atoms with Crippen LogP contribution in [0, 0.1) is 0 Å². The van der Waals surface area contributed by atoms with E-state index in [0.717, 1.165) is 31.4 Å². The van der Waals surface area contributed by atoms with Gasteiger partial charge < -0.3 is 9.47 Å². The highest BCUT2D eigenvalue weighted by Gasteiger charge is 2.16. The number of carbonyl (C=O) groups is 1. The van der Waals surface area contributed by atoms with Gasteiger partial charge in [0.1, 0.15) is 5.76 Å². The highest BCUT2D eigenvalue weighted by molar-refractivity contribution is 5.61. The van der Waals surface area contributed by atoms with Crippen molar-refractivity contribution in [2.24, 2.45) is 0 Å². The molecule has 0 aromatic carbocycles. The van der Waals surface area contributed by atoms with Crippen LogP contribution in [0.3, 0.4) is 0 Å². The Morgan fingerprint density at radius 2 is 2.00 bits per heavy atom. The molecule has 3 heteroatoms. The largest absolute Gasteiger partial charge is 0.513 e. The summed E-state index contributed by atoms with van der Waals surface area (Å²) in [6, 6.07) is 0. The Hall–Kier alpha value is -0.990. The van der Waals surface area contributed by atoms with Crippen LogP contribution in [-0.2, 0) is 9.47 Å². The van der Waals surface area contributed by atoms with Crippen LogP contribution in [-0.4, -0.2) is 12.8 Å². The fourth-order valence-corrected chi connectivity index (χ4v) is 1.69. The lowest BCUT2D eigenvalue weighted by molar-refractivity contribution is 0.0772. The molecule has 0 heterocycles. The second-order valence-corrected chi connectivity index (χ2v) is 3.37. The molecular formula is C11H18O3. The maximum Gasteiger partial charge on any atom is 0.513 e. The van der Waals surface area contributed by atoms with Crippen molar-refractivity contribution in [1.29, 1.82) is 0 Å². The first-order chi connectivity index (χ1) is 6.77. The molecule has 0 saturated heterocycles. The number of hydrogen-bond donors (Lipinski definition) is 0. The average molecular weight is 198 g/mol. The molecule has 1 rings (SSSR count). The second-order valence-electron chi connectivity index (χ2n) is 3.37. The van der Waals surface area contributed by atoms with E-state index in [1.807, 2.05) is 0 Å². The van der Waals surface area contributed by atoms with Crippen LogP contribution in [0.4, 0.5) is 4.79 Å². The molecule has 0 aromatic rings. The fraction of sp³-hybridized carbons (Fsp3) is 0.727. The van der Waals surface area contributed by atoms with Gasteiger partial charge in [0, 0.05) is 6.42 Å². The standard InChI is InChI=1S/C11H18O3/c1-3-9-7-5-6-8-10(9)14-11(12)13-4-2/h3-8H2,1-2H3. The molecule has 0 N–H and O–H groups in total. The van der Waals surface area contributed by atoms with Crippen LogP contribution in [0.2, 0.25) is 0 Å². The van der Waals surface area contributed by atoms with E-state index in [1.54, 1.807) is 6.92 Å². The van der Waals surface area contributed by atoms with E-state index in [9.17, 15) is 4.79 Å². The van der Waals surface area contributed by atoms with E-state index in [1.165, 1.54) is 12.0 Å². The molecule has 0 unspecified atom stereocenters. The molecule has 14 heavy (non-hydrogen) atoms. The van der Waals surface area contributed by atoms with Gasteiger partial charge in [-0.25, -0.2) is 4.79 Å². The summed E-state index contributed by atoms with van der Waals surface area (Å²) in [6.45, 7) is 4.24. The monoisotopic (exact) mass is 198 g/mol. The lowest BCUT2D eigenvalue weighted by Gasteiger charge is -2.18. The summed E-state index contributed by atoms with van der Waals surface area (Å²) >= 11 is 0. The molecule has 0 saturated carbocycles. The molecule has 0 aliphatic heterocycles. The summed E-state index contributed by atoms with van der Waals surface area (Å²) in [5, 5.41) is 0. The summed E-state index contributed by atoms with van der Waals surface area (Å²) in [5.74, 6) is 0.845. The summed E-state index contributed by atoms with van der Waals surface area (Å²) in [7, 11) is 0. The Kier molecular flexibility index (Phi) is 4.50. The van der Waals surface area contributed by atoms with Crippen LogP contribution in [0.1, 0.15) is 46.0 Å². The van der Waals surface area contributed by atoms with Gasteiger partial charge in [-0.15, -0.1) is 0 Å². The van der Waals surface area contributed by atoms with Crippen molar-refractivity contribution < 1.29 is 14.3 Å². The van der Waals surface area contributed by atoms with E-state index in [4.69, 9.17) is 9.47 Å². The Morgan fingerprint density at radius 1 is 1.29 bits per heavy atom. The quantitative estimate of drug-likeness (QED) is 0.652. The van der Waals surface area contributed by atoms with E-state index >= 15 is 0 Å². The van der Waals surface area contributed by atoms with E-state index in [2.05, 4.69) is 6.92 Å². The van der Waals surface area contributed by atoms with Crippen molar-refractivity contribution in [3.8, 4) is 0 Å². The Bertz CT molecular complexity index is 231. The fourth-order valence-electron chi connectivity index (χ4n) is 1.69. The topological polar surface area (TPSA) is 35.5 Å². The van der Waals surface area contributed by atoms with Gasteiger partial charge in [-0.3, -0.25) is 0 Å².